The Hall–Kier alpha value is -1.08. The van der Waals surface area contributed by atoms with Gasteiger partial charge in [-0.25, -0.2) is 21.6 Å². The maximum atomic E-state index is 13.0. The van der Waals surface area contributed by atoms with Crippen molar-refractivity contribution in [1.82, 2.24) is 0 Å². The lowest BCUT2D eigenvalue weighted by Gasteiger charge is -2.14. The maximum Gasteiger partial charge on any atom is 0.273 e. The summed E-state index contributed by atoms with van der Waals surface area (Å²) >= 11 is 0. The van der Waals surface area contributed by atoms with Crippen LogP contribution < -0.4 is 0 Å². The van der Waals surface area contributed by atoms with Crippen molar-refractivity contribution in [1.29, 1.82) is 0 Å². The number of hydrogen-bond acceptors (Lipinski definition) is 3. The highest BCUT2D eigenvalue weighted by Crippen LogP contribution is 2.29. The van der Waals surface area contributed by atoms with Gasteiger partial charge in [-0.1, -0.05) is 6.07 Å². The van der Waals surface area contributed by atoms with Crippen LogP contribution in [-0.4, -0.2) is 19.4 Å². The zero-order valence-corrected chi connectivity index (χ0v) is 8.97. The summed E-state index contributed by atoms with van der Waals surface area (Å²) in [7, 11) is -4.76. The maximum absolute atomic E-state index is 13.0. The Morgan fingerprint density at radius 1 is 1.25 bits per heavy atom. The smallest absolute Gasteiger partial charge is 0.273 e. The van der Waals surface area contributed by atoms with Crippen molar-refractivity contribution in [3.8, 4) is 0 Å². The third kappa shape index (κ3) is 2.73. The van der Waals surface area contributed by atoms with Gasteiger partial charge in [0.1, 0.15) is 10.1 Å². The number of alkyl halides is 3. The summed E-state index contributed by atoms with van der Waals surface area (Å²) in [5.41, 5.74) is -0.313. The molecule has 7 heteroatoms. The van der Waals surface area contributed by atoms with Crippen molar-refractivity contribution in [3.63, 3.8) is 0 Å². The fraction of sp³-hybridized carbons (Fsp3) is 0.333. The van der Waals surface area contributed by atoms with E-state index in [0.717, 1.165) is 12.1 Å². The van der Waals surface area contributed by atoms with Crippen molar-refractivity contribution in [2.45, 2.75) is 24.4 Å². The van der Waals surface area contributed by atoms with Crippen LogP contribution in [-0.2, 0) is 10.1 Å². The number of rotatable bonds is 3. The van der Waals surface area contributed by atoms with Crippen molar-refractivity contribution in [2.75, 3.05) is 0 Å². The summed E-state index contributed by atoms with van der Waals surface area (Å²) in [6, 6.07) is 2.73. The third-order valence-corrected chi connectivity index (χ3v) is 2.89. The van der Waals surface area contributed by atoms with Gasteiger partial charge in [-0.15, -0.1) is 0 Å². The summed E-state index contributed by atoms with van der Waals surface area (Å²) in [5.74, 6) is 0. The summed E-state index contributed by atoms with van der Waals surface area (Å²) in [6.07, 6.45) is -5.86. The molecule has 0 N–H and O–H groups in total. The molecule has 0 aromatic heterocycles. The molecule has 0 bridgehead atoms. The zero-order valence-electron chi connectivity index (χ0n) is 8.15. The second-order valence-corrected chi connectivity index (χ2v) is 4.59. The van der Waals surface area contributed by atoms with E-state index in [1.807, 2.05) is 0 Å². The van der Waals surface area contributed by atoms with E-state index in [4.69, 9.17) is 0 Å². The Bertz CT molecular complexity index is 485. The van der Waals surface area contributed by atoms with Gasteiger partial charge >= 0.3 is 0 Å². The number of halogens is 3. The summed E-state index contributed by atoms with van der Waals surface area (Å²) in [4.78, 5) is -0.712. The molecule has 0 aliphatic carbocycles. The molecule has 16 heavy (non-hydrogen) atoms. The minimum atomic E-state index is -4.76. The first kappa shape index (κ1) is 13.0. The summed E-state index contributed by atoms with van der Waals surface area (Å²) in [5, 5.41) is 0. The zero-order chi connectivity index (χ0) is 12.5. The molecular formula is C9H8F3O3S-. The van der Waals surface area contributed by atoms with Gasteiger partial charge in [0.25, 0.3) is 6.43 Å². The molecular weight excluding hydrogens is 245 g/mol. The molecule has 0 heterocycles. The predicted molar refractivity (Wildman–Crippen MR) is 49.0 cm³/mol. The van der Waals surface area contributed by atoms with E-state index in [-0.39, 0.29) is 5.56 Å². The Balaban J connectivity index is 3.30. The molecule has 1 unspecified atom stereocenters. The van der Waals surface area contributed by atoms with Crippen LogP contribution in [0.25, 0.3) is 0 Å². The van der Waals surface area contributed by atoms with Gasteiger partial charge < -0.3 is 4.55 Å². The Morgan fingerprint density at radius 2 is 1.81 bits per heavy atom. The van der Waals surface area contributed by atoms with E-state index in [9.17, 15) is 26.1 Å². The molecule has 90 valence electrons. The van der Waals surface area contributed by atoms with Gasteiger partial charge in [0.15, 0.2) is 6.17 Å². The molecule has 0 radical (unpaired) electrons. The van der Waals surface area contributed by atoms with E-state index in [2.05, 4.69) is 0 Å². The summed E-state index contributed by atoms with van der Waals surface area (Å²) < 4.78 is 69.1. The highest BCUT2D eigenvalue weighted by molar-refractivity contribution is 7.85. The quantitative estimate of drug-likeness (QED) is 0.776. The van der Waals surface area contributed by atoms with Gasteiger partial charge in [-0.3, -0.25) is 0 Å². The molecule has 0 saturated heterocycles. The van der Waals surface area contributed by atoms with Crippen molar-refractivity contribution in [2.24, 2.45) is 0 Å². The first-order valence-electron chi connectivity index (χ1n) is 4.22. The largest absolute Gasteiger partial charge is 0.744 e. The monoisotopic (exact) mass is 253 g/mol. The van der Waals surface area contributed by atoms with Crippen molar-refractivity contribution in [3.05, 3.63) is 29.3 Å². The van der Waals surface area contributed by atoms with Crippen LogP contribution in [0.2, 0.25) is 0 Å². The molecule has 0 amide bonds. The van der Waals surface area contributed by atoms with Crippen LogP contribution in [0.3, 0.4) is 0 Å². The Labute approximate surface area is 90.7 Å². The second-order valence-electron chi connectivity index (χ2n) is 3.21. The number of aryl methyl sites for hydroxylation is 1. The standard InChI is InChI=1S/C9H9F3O3S/c1-5-2-3-6(16(13,14)15)4-7(5)8(10)9(11)12/h2-4,8-9H,1H3,(H,13,14,15)/p-1. The van der Waals surface area contributed by atoms with Crippen molar-refractivity contribution < 1.29 is 26.1 Å². The van der Waals surface area contributed by atoms with Gasteiger partial charge in [0.2, 0.25) is 0 Å². The Morgan fingerprint density at radius 3 is 2.25 bits per heavy atom. The lowest BCUT2D eigenvalue weighted by molar-refractivity contribution is 0.0491. The first-order chi connectivity index (χ1) is 7.23. The number of hydrogen-bond donors (Lipinski definition) is 0. The van der Waals surface area contributed by atoms with Crippen LogP contribution >= 0.6 is 0 Å². The SMILES string of the molecule is Cc1ccc(S(=O)(=O)[O-])cc1C(F)C(F)F. The second kappa shape index (κ2) is 4.42. The molecule has 1 aromatic rings. The predicted octanol–water partition coefficient (Wildman–Crippen LogP) is 2.17. The number of benzene rings is 1. The molecule has 0 fully saturated rings. The highest BCUT2D eigenvalue weighted by atomic mass is 32.2. The first-order valence-corrected chi connectivity index (χ1v) is 5.63. The lowest BCUT2D eigenvalue weighted by atomic mass is 10.1. The molecule has 0 saturated carbocycles. The van der Waals surface area contributed by atoms with E-state index in [1.54, 1.807) is 0 Å². The molecule has 3 nitrogen and oxygen atoms in total. The fourth-order valence-corrected chi connectivity index (χ4v) is 1.71. The van der Waals surface area contributed by atoms with Gasteiger partial charge in [0.05, 0.1) is 4.90 Å². The molecule has 0 aliphatic rings. The molecule has 1 aromatic carbocycles. The molecule has 0 spiro atoms. The van der Waals surface area contributed by atoms with Crippen LogP contribution in [0.15, 0.2) is 23.1 Å². The topological polar surface area (TPSA) is 57.2 Å². The fourth-order valence-electron chi connectivity index (χ4n) is 1.21. The van der Waals surface area contributed by atoms with Gasteiger partial charge in [0, 0.05) is 0 Å². The molecule has 1 rings (SSSR count). The van der Waals surface area contributed by atoms with Gasteiger partial charge in [-0.05, 0) is 30.2 Å². The van der Waals surface area contributed by atoms with E-state index < -0.39 is 33.2 Å². The average Bonchev–Trinajstić information content (AvgIpc) is 2.15. The van der Waals surface area contributed by atoms with Crippen LogP contribution in [0.5, 0.6) is 0 Å². The molecule has 0 aliphatic heterocycles. The normalized spacial score (nSPS) is 14.1. The van der Waals surface area contributed by atoms with Crippen LogP contribution in [0, 0.1) is 6.92 Å². The minimum absolute atomic E-state index is 0.167. The van der Waals surface area contributed by atoms with E-state index >= 15 is 0 Å². The summed E-state index contributed by atoms with van der Waals surface area (Å²) in [6.45, 7) is 1.35. The molecule has 1 atom stereocenters. The van der Waals surface area contributed by atoms with Crippen molar-refractivity contribution >= 4 is 10.1 Å². The van der Waals surface area contributed by atoms with E-state index in [1.165, 1.54) is 6.92 Å². The third-order valence-electron chi connectivity index (χ3n) is 2.06. The van der Waals surface area contributed by atoms with Gasteiger partial charge in [-0.2, -0.15) is 0 Å². The van der Waals surface area contributed by atoms with Crippen LogP contribution in [0.1, 0.15) is 17.3 Å². The highest BCUT2D eigenvalue weighted by Gasteiger charge is 2.23. The Kier molecular flexibility index (Phi) is 3.59. The minimum Gasteiger partial charge on any atom is -0.744 e. The average molecular weight is 253 g/mol. The van der Waals surface area contributed by atoms with Crippen LogP contribution in [0.4, 0.5) is 13.2 Å². The lowest BCUT2D eigenvalue weighted by Crippen LogP contribution is -2.07. The van der Waals surface area contributed by atoms with E-state index in [0.29, 0.717) is 6.07 Å².